The molecule has 0 spiro atoms. The minimum atomic E-state index is -0.199. The topological polar surface area (TPSA) is 104 Å². The van der Waals surface area contributed by atoms with E-state index < -0.39 is 0 Å². The molecule has 3 N–H and O–H groups in total. The largest absolute Gasteiger partial charge is 0.375 e. The first-order valence-electron chi connectivity index (χ1n) is 16.0. The quantitative estimate of drug-likeness (QED) is 0.229. The highest BCUT2D eigenvalue weighted by molar-refractivity contribution is 5.96. The van der Waals surface area contributed by atoms with E-state index in [4.69, 9.17) is 10.5 Å². The van der Waals surface area contributed by atoms with Gasteiger partial charge in [0.25, 0.3) is 0 Å². The van der Waals surface area contributed by atoms with E-state index in [1.165, 1.54) is 7.11 Å². The summed E-state index contributed by atoms with van der Waals surface area (Å²) in [7, 11) is 1.52. The van der Waals surface area contributed by atoms with Gasteiger partial charge in [-0.2, -0.15) is 0 Å². The van der Waals surface area contributed by atoms with E-state index in [1.807, 2.05) is 53.6 Å². The lowest BCUT2D eigenvalue weighted by atomic mass is 10.0. The van der Waals surface area contributed by atoms with E-state index in [1.54, 1.807) is 0 Å². The number of pyridine rings is 1. The molecule has 0 radical (unpaired) electrons. The van der Waals surface area contributed by atoms with Crippen molar-refractivity contribution in [3.63, 3.8) is 0 Å². The Labute approximate surface area is 271 Å². The maximum Gasteiger partial charge on any atom is 0.250 e. The molecule has 0 bridgehead atoms. The van der Waals surface area contributed by atoms with Gasteiger partial charge in [-0.1, -0.05) is 54.6 Å². The van der Waals surface area contributed by atoms with Gasteiger partial charge >= 0.3 is 0 Å². The zero-order valence-electron chi connectivity index (χ0n) is 26.4. The van der Waals surface area contributed by atoms with E-state index in [-0.39, 0.29) is 24.3 Å². The van der Waals surface area contributed by atoms with Crippen molar-refractivity contribution in [3.05, 3.63) is 108 Å². The minimum absolute atomic E-state index is 0.0222. The molecule has 238 valence electrons. The maximum atomic E-state index is 13.4. The lowest BCUT2D eigenvalue weighted by Gasteiger charge is -2.37. The minimum Gasteiger partial charge on any atom is -0.375 e. The zero-order chi connectivity index (χ0) is 31.9. The van der Waals surface area contributed by atoms with Gasteiger partial charge in [0.1, 0.15) is 12.4 Å². The number of methoxy groups -OCH3 is 1. The van der Waals surface area contributed by atoms with Crippen LogP contribution in [-0.4, -0.2) is 61.6 Å². The summed E-state index contributed by atoms with van der Waals surface area (Å²) in [5.74, 6) is 1.11. The number of rotatable bonds is 12. The molecule has 2 fully saturated rings. The highest BCUT2D eigenvalue weighted by Gasteiger charge is 2.33. The standard InChI is InChI=1S/C37H42N6O3/c1-46-26-36(44)40-33-22-32(13-14-34(33)41-16-18-42(19-17-41)35-10-2-3-15-39-35)31-9-5-8-29(21-31)25-43(37(45)30-11-12-30)24-28-7-4-6-27(20-28)23-38/h2-10,13-15,20-22,30H,11-12,16-19,23-26,38H2,1H3,(H,40,44). The van der Waals surface area contributed by atoms with Gasteiger partial charge in [0.2, 0.25) is 11.8 Å². The van der Waals surface area contributed by atoms with Crippen molar-refractivity contribution in [2.24, 2.45) is 11.7 Å². The van der Waals surface area contributed by atoms with Crippen molar-refractivity contribution in [2.75, 3.05) is 55.0 Å². The van der Waals surface area contributed by atoms with Crippen LogP contribution in [0.1, 0.15) is 29.5 Å². The van der Waals surface area contributed by atoms with Crippen molar-refractivity contribution in [1.29, 1.82) is 0 Å². The Balaban J connectivity index is 1.22. The van der Waals surface area contributed by atoms with Crippen LogP contribution in [0.4, 0.5) is 17.2 Å². The summed E-state index contributed by atoms with van der Waals surface area (Å²) < 4.78 is 5.11. The monoisotopic (exact) mass is 618 g/mol. The average Bonchev–Trinajstić information content (AvgIpc) is 3.94. The average molecular weight is 619 g/mol. The molecule has 46 heavy (non-hydrogen) atoms. The molecular formula is C37H42N6O3. The molecule has 3 aromatic carbocycles. The van der Waals surface area contributed by atoms with Crippen LogP contribution < -0.4 is 20.9 Å². The van der Waals surface area contributed by atoms with Gasteiger partial charge in [0, 0.05) is 65.0 Å². The molecule has 2 heterocycles. The summed E-state index contributed by atoms with van der Waals surface area (Å²) in [6.45, 7) is 4.79. The smallest absolute Gasteiger partial charge is 0.250 e. The van der Waals surface area contributed by atoms with Crippen molar-refractivity contribution in [1.82, 2.24) is 9.88 Å². The van der Waals surface area contributed by atoms with Gasteiger partial charge in [-0.05, 0) is 71.0 Å². The number of aromatic nitrogens is 1. The Morgan fingerprint density at radius 2 is 1.54 bits per heavy atom. The number of ether oxygens (including phenoxy) is 1. The van der Waals surface area contributed by atoms with Crippen molar-refractivity contribution in [2.45, 2.75) is 32.5 Å². The maximum absolute atomic E-state index is 13.4. The lowest BCUT2D eigenvalue weighted by Crippen LogP contribution is -2.47. The van der Waals surface area contributed by atoms with E-state index >= 15 is 0 Å². The van der Waals surface area contributed by atoms with Crippen molar-refractivity contribution in [3.8, 4) is 11.1 Å². The molecule has 6 rings (SSSR count). The molecule has 1 aliphatic heterocycles. The number of amides is 2. The number of anilines is 3. The molecular weight excluding hydrogens is 576 g/mol. The SMILES string of the molecule is COCC(=O)Nc1cc(-c2cccc(CN(Cc3cccc(CN)c3)C(=O)C3CC3)c2)ccc1N1CCN(c2ccccn2)CC1. The summed E-state index contributed by atoms with van der Waals surface area (Å²) >= 11 is 0. The molecule has 9 heteroatoms. The third-order valence-electron chi connectivity index (χ3n) is 8.61. The summed E-state index contributed by atoms with van der Waals surface area (Å²) in [6, 6.07) is 28.7. The van der Waals surface area contributed by atoms with Crippen LogP contribution in [0.2, 0.25) is 0 Å². The van der Waals surface area contributed by atoms with Gasteiger partial charge in [0.05, 0.1) is 11.4 Å². The molecule has 2 amide bonds. The van der Waals surface area contributed by atoms with Crippen LogP contribution in [0.5, 0.6) is 0 Å². The summed E-state index contributed by atoms with van der Waals surface area (Å²) in [5.41, 5.74) is 12.8. The fraction of sp³-hybridized carbons (Fsp3) is 0.324. The number of carbonyl (C=O) groups excluding carboxylic acids is 2. The summed E-state index contributed by atoms with van der Waals surface area (Å²) in [5, 5.41) is 3.09. The molecule has 0 unspecified atom stereocenters. The first kappa shape index (κ1) is 31.3. The van der Waals surface area contributed by atoms with Crippen LogP contribution in [0.3, 0.4) is 0 Å². The second-order valence-electron chi connectivity index (χ2n) is 12.1. The molecule has 1 saturated carbocycles. The number of hydrogen-bond donors (Lipinski definition) is 2. The third kappa shape index (κ3) is 7.73. The Kier molecular flexibility index (Phi) is 9.91. The Bertz CT molecular complexity index is 1650. The number of carbonyl (C=O) groups is 2. The summed E-state index contributed by atoms with van der Waals surface area (Å²) in [4.78, 5) is 37.1. The van der Waals surface area contributed by atoms with Gasteiger partial charge in [0.15, 0.2) is 0 Å². The molecule has 1 saturated heterocycles. The third-order valence-corrected chi connectivity index (χ3v) is 8.61. The number of benzene rings is 3. The molecule has 1 aliphatic carbocycles. The molecule has 4 aromatic rings. The van der Waals surface area contributed by atoms with Crippen LogP contribution in [0.15, 0.2) is 91.1 Å². The van der Waals surface area contributed by atoms with Crippen LogP contribution >= 0.6 is 0 Å². The van der Waals surface area contributed by atoms with E-state index in [2.05, 4.69) is 62.6 Å². The molecule has 1 aromatic heterocycles. The normalized spacial score (nSPS) is 14.7. The van der Waals surface area contributed by atoms with Crippen LogP contribution in [-0.2, 0) is 34.0 Å². The van der Waals surface area contributed by atoms with Crippen LogP contribution in [0, 0.1) is 5.92 Å². The predicted molar refractivity (Wildman–Crippen MR) is 182 cm³/mol. The molecule has 0 atom stereocenters. The van der Waals surface area contributed by atoms with Crippen molar-refractivity contribution >= 4 is 29.0 Å². The fourth-order valence-electron chi connectivity index (χ4n) is 6.07. The van der Waals surface area contributed by atoms with Gasteiger partial charge in [-0.15, -0.1) is 0 Å². The van der Waals surface area contributed by atoms with E-state index in [9.17, 15) is 9.59 Å². The number of hydrogen-bond acceptors (Lipinski definition) is 7. The van der Waals surface area contributed by atoms with Gasteiger partial charge in [-0.3, -0.25) is 9.59 Å². The Hall–Kier alpha value is -4.73. The Morgan fingerprint density at radius 3 is 2.24 bits per heavy atom. The second-order valence-corrected chi connectivity index (χ2v) is 12.1. The first-order chi connectivity index (χ1) is 22.5. The second kappa shape index (κ2) is 14.6. The van der Waals surface area contributed by atoms with Gasteiger partial charge < -0.3 is 30.5 Å². The highest BCUT2D eigenvalue weighted by atomic mass is 16.5. The van der Waals surface area contributed by atoms with E-state index in [0.29, 0.717) is 19.6 Å². The number of piperazine rings is 1. The van der Waals surface area contributed by atoms with Crippen molar-refractivity contribution < 1.29 is 14.3 Å². The number of nitrogens with two attached hydrogens (primary N) is 1. The van der Waals surface area contributed by atoms with Crippen LogP contribution in [0.25, 0.3) is 11.1 Å². The predicted octanol–water partition coefficient (Wildman–Crippen LogP) is 5.06. The lowest BCUT2D eigenvalue weighted by molar-refractivity contribution is -0.133. The molecule has 2 aliphatic rings. The molecule has 9 nitrogen and oxygen atoms in total. The number of nitrogens with one attached hydrogen (secondary N) is 1. The first-order valence-corrected chi connectivity index (χ1v) is 16.0. The fourth-order valence-corrected chi connectivity index (χ4v) is 6.07. The zero-order valence-corrected chi connectivity index (χ0v) is 26.4. The Morgan fingerprint density at radius 1 is 0.848 bits per heavy atom. The number of nitrogens with zero attached hydrogens (tertiary/aromatic N) is 4. The highest BCUT2D eigenvalue weighted by Crippen LogP contribution is 2.35. The summed E-state index contributed by atoms with van der Waals surface area (Å²) in [6.07, 6.45) is 3.74. The van der Waals surface area contributed by atoms with E-state index in [0.717, 1.165) is 84.0 Å². The van der Waals surface area contributed by atoms with Gasteiger partial charge in [-0.25, -0.2) is 4.98 Å².